The predicted molar refractivity (Wildman–Crippen MR) is 96.3 cm³/mol. The van der Waals surface area contributed by atoms with Crippen LogP contribution in [0.5, 0.6) is 0 Å². The highest BCUT2D eigenvalue weighted by molar-refractivity contribution is 5.60. The Morgan fingerprint density at radius 1 is 1.29 bits per heavy atom. The Kier molecular flexibility index (Phi) is 6.04. The highest BCUT2D eigenvalue weighted by atomic mass is 19.4. The number of alkyl halides is 4. The standard InChI is InChI=1S/C19H23F5N4/c1-27(2)7-8-28-11-17(26-18(28)13-5-6-25-10-16(13)21)12-3-4-15(20)14(9-12)19(22,23)24/h3-4,9,11,13,16,25H,5-8,10H2,1-2H3/t13-,16+/m0/s1. The van der Waals surface area contributed by atoms with Gasteiger partial charge in [-0.1, -0.05) is 0 Å². The summed E-state index contributed by atoms with van der Waals surface area (Å²) in [7, 11) is 3.80. The molecule has 1 aromatic carbocycles. The first kappa shape index (κ1) is 20.7. The molecule has 1 saturated heterocycles. The van der Waals surface area contributed by atoms with E-state index in [-0.39, 0.29) is 17.8 Å². The van der Waals surface area contributed by atoms with E-state index in [9.17, 15) is 22.0 Å². The molecule has 4 nitrogen and oxygen atoms in total. The molecule has 0 saturated carbocycles. The maximum absolute atomic E-state index is 14.5. The van der Waals surface area contributed by atoms with Gasteiger partial charge in [0.15, 0.2) is 0 Å². The van der Waals surface area contributed by atoms with Gasteiger partial charge in [-0.25, -0.2) is 13.8 Å². The van der Waals surface area contributed by atoms with Crippen molar-refractivity contribution in [3.63, 3.8) is 0 Å². The first-order valence-electron chi connectivity index (χ1n) is 9.10. The average Bonchev–Trinajstić information content (AvgIpc) is 3.03. The second-order valence-corrected chi connectivity index (χ2v) is 7.29. The van der Waals surface area contributed by atoms with E-state index in [0.717, 1.165) is 12.1 Å². The molecule has 1 aromatic heterocycles. The summed E-state index contributed by atoms with van der Waals surface area (Å²) in [5.74, 6) is -1.24. The van der Waals surface area contributed by atoms with Gasteiger partial charge in [0, 0.05) is 31.4 Å². The van der Waals surface area contributed by atoms with Crippen molar-refractivity contribution >= 4 is 0 Å². The Morgan fingerprint density at radius 3 is 2.68 bits per heavy atom. The van der Waals surface area contributed by atoms with Crippen molar-refractivity contribution < 1.29 is 22.0 Å². The van der Waals surface area contributed by atoms with E-state index in [1.54, 1.807) is 10.8 Å². The lowest BCUT2D eigenvalue weighted by molar-refractivity contribution is -0.139. The van der Waals surface area contributed by atoms with E-state index in [0.29, 0.717) is 31.9 Å². The molecule has 0 aliphatic carbocycles. The molecule has 1 fully saturated rings. The second kappa shape index (κ2) is 8.16. The zero-order valence-corrected chi connectivity index (χ0v) is 15.7. The Bertz CT molecular complexity index is 815. The molecular formula is C19H23F5N4. The molecule has 1 N–H and O–H groups in total. The number of hydrogen-bond acceptors (Lipinski definition) is 3. The van der Waals surface area contributed by atoms with Crippen molar-refractivity contribution in [2.24, 2.45) is 0 Å². The van der Waals surface area contributed by atoms with Crippen LogP contribution < -0.4 is 5.32 Å². The lowest BCUT2D eigenvalue weighted by Crippen LogP contribution is -2.38. The van der Waals surface area contributed by atoms with Crippen LogP contribution in [-0.4, -0.2) is 54.4 Å². The number of piperidine rings is 1. The third-order valence-corrected chi connectivity index (χ3v) is 4.90. The van der Waals surface area contributed by atoms with Crippen molar-refractivity contribution in [2.75, 3.05) is 33.7 Å². The number of hydrogen-bond donors (Lipinski definition) is 1. The molecule has 28 heavy (non-hydrogen) atoms. The third-order valence-electron chi connectivity index (χ3n) is 4.90. The van der Waals surface area contributed by atoms with Crippen LogP contribution in [0.4, 0.5) is 22.0 Å². The minimum atomic E-state index is -4.80. The van der Waals surface area contributed by atoms with Crippen LogP contribution in [0.2, 0.25) is 0 Å². The minimum absolute atomic E-state index is 0.155. The molecular weight excluding hydrogens is 379 g/mol. The lowest BCUT2D eigenvalue weighted by atomic mass is 9.95. The number of nitrogens with zero attached hydrogens (tertiary/aromatic N) is 3. The van der Waals surface area contributed by atoms with Gasteiger partial charge in [-0.3, -0.25) is 0 Å². The monoisotopic (exact) mass is 402 g/mol. The van der Waals surface area contributed by atoms with E-state index in [2.05, 4.69) is 10.3 Å². The molecule has 2 atom stereocenters. The topological polar surface area (TPSA) is 33.1 Å². The molecule has 1 aliphatic heterocycles. The second-order valence-electron chi connectivity index (χ2n) is 7.29. The zero-order chi connectivity index (χ0) is 20.5. The Balaban J connectivity index is 2.01. The Morgan fingerprint density at radius 2 is 2.04 bits per heavy atom. The third kappa shape index (κ3) is 4.52. The van der Waals surface area contributed by atoms with Gasteiger partial charge >= 0.3 is 6.18 Å². The number of rotatable bonds is 5. The summed E-state index contributed by atoms with van der Waals surface area (Å²) in [4.78, 5) is 6.43. The molecule has 1 aliphatic rings. The summed E-state index contributed by atoms with van der Waals surface area (Å²) in [5.41, 5.74) is -0.896. The van der Waals surface area contributed by atoms with E-state index in [4.69, 9.17) is 0 Å². The van der Waals surface area contributed by atoms with Gasteiger partial charge in [0.1, 0.15) is 17.8 Å². The Hall–Kier alpha value is -2.00. The van der Waals surface area contributed by atoms with Gasteiger partial charge in [-0.05, 0) is 45.3 Å². The smallest absolute Gasteiger partial charge is 0.333 e. The molecule has 3 rings (SSSR count). The largest absolute Gasteiger partial charge is 0.419 e. The van der Waals surface area contributed by atoms with Crippen molar-refractivity contribution in [3.8, 4) is 11.3 Å². The Labute approximate surface area is 160 Å². The number of aromatic nitrogens is 2. The molecule has 2 aromatic rings. The molecule has 0 bridgehead atoms. The van der Waals surface area contributed by atoms with Crippen LogP contribution in [0, 0.1) is 5.82 Å². The zero-order valence-electron chi connectivity index (χ0n) is 15.7. The van der Waals surface area contributed by atoms with Crippen molar-refractivity contribution in [1.82, 2.24) is 19.8 Å². The summed E-state index contributed by atoms with van der Waals surface area (Å²) in [5, 5.41) is 2.99. The van der Waals surface area contributed by atoms with Crippen LogP contribution in [0.3, 0.4) is 0 Å². The number of halogens is 5. The van der Waals surface area contributed by atoms with Gasteiger partial charge in [0.2, 0.25) is 0 Å². The molecule has 154 valence electrons. The van der Waals surface area contributed by atoms with Crippen molar-refractivity contribution in [1.29, 1.82) is 0 Å². The average molecular weight is 402 g/mol. The van der Waals surface area contributed by atoms with Crippen molar-refractivity contribution in [3.05, 3.63) is 41.6 Å². The highest BCUT2D eigenvalue weighted by Gasteiger charge is 2.35. The molecule has 0 unspecified atom stereocenters. The van der Waals surface area contributed by atoms with Gasteiger partial charge in [0.25, 0.3) is 0 Å². The highest BCUT2D eigenvalue weighted by Crippen LogP contribution is 2.35. The maximum atomic E-state index is 14.5. The van der Waals surface area contributed by atoms with E-state index < -0.39 is 29.6 Å². The fraction of sp³-hybridized carbons (Fsp3) is 0.526. The molecule has 9 heteroatoms. The van der Waals surface area contributed by atoms with Crippen LogP contribution in [0.15, 0.2) is 24.4 Å². The lowest BCUT2D eigenvalue weighted by Gasteiger charge is -2.27. The summed E-state index contributed by atoms with van der Waals surface area (Å²) < 4.78 is 69.0. The van der Waals surface area contributed by atoms with Gasteiger partial charge < -0.3 is 14.8 Å². The summed E-state index contributed by atoms with van der Waals surface area (Å²) in [6.45, 7) is 2.06. The number of benzene rings is 1. The molecule has 0 radical (unpaired) electrons. The van der Waals surface area contributed by atoms with Gasteiger partial charge in [-0.2, -0.15) is 13.2 Å². The molecule has 0 amide bonds. The van der Waals surface area contributed by atoms with Gasteiger partial charge in [-0.15, -0.1) is 0 Å². The SMILES string of the molecule is CN(C)CCn1cc(-c2ccc(F)c(C(F)(F)F)c2)nc1[C@H]1CCNC[C@H]1F. The first-order chi connectivity index (χ1) is 13.2. The number of likely N-dealkylation sites (N-methyl/N-ethyl adjacent to an activating group) is 1. The van der Waals surface area contributed by atoms with Crippen LogP contribution >= 0.6 is 0 Å². The maximum Gasteiger partial charge on any atom is 0.419 e. The molecule has 0 spiro atoms. The summed E-state index contributed by atoms with van der Waals surface area (Å²) in [6, 6.07) is 2.81. The van der Waals surface area contributed by atoms with Gasteiger partial charge in [0.05, 0.1) is 17.2 Å². The first-order valence-corrected chi connectivity index (χ1v) is 9.10. The fourth-order valence-electron chi connectivity index (χ4n) is 3.37. The predicted octanol–water partition coefficient (Wildman–Crippen LogP) is 3.68. The summed E-state index contributed by atoms with van der Waals surface area (Å²) in [6.07, 6.45) is -3.74. The van der Waals surface area contributed by atoms with E-state index in [1.165, 1.54) is 6.07 Å². The van der Waals surface area contributed by atoms with Crippen molar-refractivity contribution in [2.45, 2.75) is 31.2 Å². The number of imidazole rings is 1. The summed E-state index contributed by atoms with van der Waals surface area (Å²) >= 11 is 0. The normalized spacial score (nSPS) is 20.7. The quantitative estimate of drug-likeness (QED) is 0.775. The van der Waals surface area contributed by atoms with E-state index >= 15 is 0 Å². The van der Waals surface area contributed by atoms with E-state index in [1.807, 2.05) is 19.0 Å². The molecule has 2 heterocycles. The number of nitrogens with one attached hydrogen (secondary N) is 1. The van der Waals surface area contributed by atoms with Crippen LogP contribution in [0.1, 0.15) is 23.7 Å². The fourth-order valence-corrected chi connectivity index (χ4v) is 3.37. The minimum Gasteiger partial charge on any atom is -0.333 e. The van der Waals surface area contributed by atoms with Crippen LogP contribution in [0.25, 0.3) is 11.3 Å². The van der Waals surface area contributed by atoms with Crippen LogP contribution in [-0.2, 0) is 12.7 Å².